The third kappa shape index (κ3) is 8.74. The fraction of sp³-hybridized carbons (Fsp3) is 0.0822. The van der Waals surface area contributed by atoms with E-state index in [9.17, 15) is 13.2 Å². The largest absolute Gasteiger partial charge is 0.416 e. The van der Waals surface area contributed by atoms with Crippen molar-refractivity contribution in [3.63, 3.8) is 0 Å². The summed E-state index contributed by atoms with van der Waals surface area (Å²) in [5.74, 6) is 0. The number of hydrogen-bond donors (Lipinski definition) is 0. The lowest BCUT2D eigenvalue weighted by Gasteiger charge is -2.21. The Morgan fingerprint density at radius 2 is 0.633 bits per heavy atom. The fourth-order valence-electron chi connectivity index (χ4n) is 11.5. The van der Waals surface area contributed by atoms with E-state index in [1.807, 2.05) is 18.2 Å². The molecule has 0 radical (unpaired) electrons. The smallest absolute Gasteiger partial charge is 0.310 e. The lowest BCUT2D eigenvalue weighted by Crippen LogP contribution is -2.05. The van der Waals surface area contributed by atoms with Crippen molar-refractivity contribution in [3.8, 4) is 78.1 Å². The van der Waals surface area contributed by atoms with Crippen molar-refractivity contribution in [2.75, 3.05) is 0 Å². The second kappa shape index (κ2) is 19.1. The molecule has 0 unspecified atom stereocenters. The van der Waals surface area contributed by atoms with Crippen LogP contribution in [0.1, 0.15) is 33.4 Å². The summed E-state index contributed by atoms with van der Waals surface area (Å²) in [6, 6.07) is 77.3. The Balaban J connectivity index is 1.11. The minimum atomic E-state index is -4.48. The van der Waals surface area contributed by atoms with E-state index in [1.54, 1.807) is 13.0 Å². The molecule has 79 heavy (non-hydrogen) atoms. The molecule has 6 heteroatoms. The molecule has 0 saturated carbocycles. The Hall–Kier alpha value is -9.70. The predicted octanol–water partition coefficient (Wildman–Crippen LogP) is 21.0. The topological polar surface area (TPSA) is 14.2 Å². The third-order valence-corrected chi connectivity index (χ3v) is 15.8. The quantitative estimate of drug-likeness (QED) is 0.135. The van der Waals surface area contributed by atoms with Gasteiger partial charge in [0.2, 0.25) is 0 Å². The number of alkyl halides is 3. The van der Waals surface area contributed by atoms with E-state index in [-0.39, 0.29) is 0 Å². The van der Waals surface area contributed by atoms with Gasteiger partial charge in [0.25, 0.3) is 0 Å². The van der Waals surface area contributed by atoms with Gasteiger partial charge in [-0.2, -0.15) is 13.2 Å². The van der Waals surface area contributed by atoms with Gasteiger partial charge in [0, 0.05) is 38.4 Å². The molecule has 11 aromatic carbocycles. The average molecular weight is 1030 g/mol. The number of benzene rings is 11. The van der Waals surface area contributed by atoms with Gasteiger partial charge in [-0.3, -0.25) is 0 Å². The lowest BCUT2D eigenvalue weighted by atomic mass is 9.93. The molecule has 0 fully saturated rings. The number of halogens is 3. The number of aromatic nitrogens is 2. The van der Waals surface area contributed by atoms with Gasteiger partial charge in [-0.1, -0.05) is 174 Å². The molecule has 13 aromatic rings. The van der Waals surface area contributed by atoms with Crippen LogP contribution in [0.25, 0.3) is 127 Å². The van der Waals surface area contributed by atoms with Gasteiger partial charge in [0.05, 0.1) is 39.9 Å². The summed E-state index contributed by atoms with van der Waals surface area (Å²) in [4.78, 5) is 4.03. The van der Waals surface area contributed by atoms with Crippen LogP contribution in [-0.2, 0) is 6.18 Å². The van der Waals surface area contributed by atoms with Crippen LogP contribution in [-0.4, -0.2) is 9.13 Å². The maximum Gasteiger partial charge on any atom is 0.416 e. The van der Waals surface area contributed by atoms with Gasteiger partial charge in [-0.05, 0) is 169 Å². The number of fused-ring (bicyclic) bond motifs is 6. The Morgan fingerprint density at radius 1 is 0.316 bits per heavy atom. The Labute approximate surface area is 457 Å². The van der Waals surface area contributed by atoms with Crippen molar-refractivity contribution >= 4 is 49.3 Å². The van der Waals surface area contributed by atoms with Crippen LogP contribution < -0.4 is 0 Å². The van der Waals surface area contributed by atoms with E-state index < -0.39 is 11.7 Å². The molecule has 3 nitrogen and oxygen atoms in total. The van der Waals surface area contributed by atoms with Crippen LogP contribution in [0.15, 0.2) is 224 Å². The van der Waals surface area contributed by atoms with Crippen LogP contribution in [0.2, 0.25) is 0 Å². The summed E-state index contributed by atoms with van der Waals surface area (Å²) in [5, 5.41) is 4.27. The second-order valence-corrected chi connectivity index (χ2v) is 21.1. The van der Waals surface area contributed by atoms with E-state index in [0.29, 0.717) is 16.8 Å². The minimum Gasteiger partial charge on any atom is -0.310 e. The molecule has 380 valence electrons. The molecule has 2 heterocycles. The molecular formula is C73H52F3N3. The van der Waals surface area contributed by atoms with Gasteiger partial charge < -0.3 is 9.13 Å². The van der Waals surface area contributed by atoms with Gasteiger partial charge in [-0.15, -0.1) is 0 Å². The summed E-state index contributed by atoms with van der Waals surface area (Å²) in [5.41, 5.74) is 22.7. The maximum absolute atomic E-state index is 14.2. The highest BCUT2D eigenvalue weighted by atomic mass is 19.4. The van der Waals surface area contributed by atoms with Crippen molar-refractivity contribution in [1.29, 1.82) is 0 Å². The first-order chi connectivity index (χ1) is 38.3. The van der Waals surface area contributed by atoms with Gasteiger partial charge in [0.15, 0.2) is 5.69 Å². The minimum absolute atomic E-state index is 0.490. The van der Waals surface area contributed by atoms with Crippen LogP contribution in [0.3, 0.4) is 0 Å². The molecular weight excluding hydrogens is 976 g/mol. The maximum atomic E-state index is 14.2. The van der Waals surface area contributed by atoms with E-state index in [1.165, 1.54) is 34.4 Å². The highest BCUT2D eigenvalue weighted by Crippen LogP contribution is 2.46. The van der Waals surface area contributed by atoms with E-state index >= 15 is 0 Å². The standard InChI is InChI=1S/C73H52F3N3/c1-44-7-15-49(16-8-44)53-24-33-67-63(38-53)64-39-54(50-17-9-45(2)10-18-50)25-34-68(64)78(67)71-42-57(60-31-28-58(37-48(60)5)73(74,75)76)23-30-61(71)62-32-29-59(77-6)43-72(62)79-69-35-26-55(51-19-11-46(3)12-20-51)40-65(69)66-41-56(27-36-70(66)79)52-21-13-47(4)14-22-52/h7-43H,1-5H3. The third-order valence-electron chi connectivity index (χ3n) is 15.8. The molecule has 0 bridgehead atoms. The summed E-state index contributed by atoms with van der Waals surface area (Å²) in [7, 11) is 0. The molecule has 0 aliphatic rings. The monoisotopic (exact) mass is 1030 g/mol. The van der Waals surface area contributed by atoms with Crippen LogP contribution in [0, 0.1) is 41.2 Å². The Kier molecular flexibility index (Phi) is 11.8. The molecule has 0 spiro atoms. The van der Waals surface area contributed by atoms with Crippen molar-refractivity contribution in [1.82, 2.24) is 9.13 Å². The van der Waals surface area contributed by atoms with Crippen molar-refractivity contribution < 1.29 is 13.2 Å². The number of aryl methyl sites for hydroxylation is 5. The fourth-order valence-corrected chi connectivity index (χ4v) is 11.5. The first-order valence-corrected chi connectivity index (χ1v) is 26.6. The van der Waals surface area contributed by atoms with Crippen LogP contribution >= 0.6 is 0 Å². The van der Waals surface area contributed by atoms with E-state index in [0.717, 1.165) is 116 Å². The molecule has 0 atom stereocenters. The molecule has 13 rings (SSSR count). The average Bonchev–Trinajstić information content (AvgIpc) is 4.12. The summed E-state index contributed by atoms with van der Waals surface area (Å²) < 4.78 is 47.2. The second-order valence-electron chi connectivity index (χ2n) is 21.1. The zero-order valence-electron chi connectivity index (χ0n) is 44.3. The van der Waals surface area contributed by atoms with Gasteiger partial charge >= 0.3 is 6.18 Å². The van der Waals surface area contributed by atoms with Gasteiger partial charge in [-0.25, -0.2) is 4.85 Å². The van der Waals surface area contributed by atoms with E-state index in [4.69, 9.17) is 6.57 Å². The highest BCUT2D eigenvalue weighted by molar-refractivity contribution is 6.14. The summed E-state index contributed by atoms with van der Waals surface area (Å²) in [6.45, 7) is 18.5. The molecule has 0 amide bonds. The molecule has 2 aromatic heterocycles. The Morgan fingerprint density at radius 3 is 0.975 bits per heavy atom. The van der Waals surface area contributed by atoms with Crippen molar-refractivity contribution in [3.05, 3.63) is 269 Å². The number of hydrogen-bond acceptors (Lipinski definition) is 0. The zero-order valence-corrected chi connectivity index (χ0v) is 44.3. The van der Waals surface area contributed by atoms with Crippen LogP contribution in [0.4, 0.5) is 18.9 Å². The molecule has 0 aliphatic heterocycles. The number of nitrogens with zero attached hydrogens (tertiary/aromatic N) is 3. The molecule has 0 saturated heterocycles. The molecule has 0 N–H and O–H groups in total. The lowest BCUT2D eigenvalue weighted by molar-refractivity contribution is -0.137. The Bertz CT molecular complexity index is 4400. The highest BCUT2D eigenvalue weighted by Gasteiger charge is 2.31. The first kappa shape index (κ1) is 48.9. The molecule has 0 aliphatic carbocycles. The predicted molar refractivity (Wildman–Crippen MR) is 323 cm³/mol. The van der Waals surface area contributed by atoms with Crippen LogP contribution in [0.5, 0.6) is 0 Å². The summed E-state index contributed by atoms with van der Waals surface area (Å²) >= 11 is 0. The van der Waals surface area contributed by atoms with E-state index in [2.05, 4.69) is 230 Å². The summed E-state index contributed by atoms with van der Waals surface area (Å²) in [6.07, 6.45) is -4.48. The normalized spacial score (nSPS) is 11.8. The first-order valence-electron chi connectivity index (χ1n) is 26.6. The number of rotatable bonds is 8. The van der Waals surface area contributed by atoms with Crippen molar-refractivity contribution in [2.45, 2.75) is 40.8 Å². The van der Waals surface area contributed by atoms with Crippen molar-refractivity contribution in [2.24, 2.45) is 0 Å². The zero-order chi connectivity index (χ0) is 54.3. The van der Waals surface area contributed by atoms with Gasteiger partial charge in [0.1, 0.15) is 0 Å². The SMILES string of the molecule is [C-]#[N+]c1ccc(-c2ccc(-c3ccc(C(F)(F)F)cc3C)cc2-n2c3ccc(-c4ccc(C)cc4)cc3c3cc(-c4ccc(C)cc4)ccc32)c(-n2c3ccc(-c4ccc(C)cc4)cc3c3cc(-c4ccc(C)cc4)ccc32)c1.